The predicted octanol–water partition coefficient (Wildman–Crippen LogP) is 0.454. The van der Waals surface area contributed by atoms with Crippen molar-refractivity contribution >= 4 is 5.91 Å². The minimum atomic E-state index is -4.79. The molecule has 0 bridgehead atoms. The van der Waals surface area contributed by atoms with Crippen molar-refractivity contribution in [1.82, 2.24) is 5.32 Å². The number of alkyl halides is 3. The van der Waals surface area contributed by atoms with Gasteiger partial charge in [0.15, 0.2) is 0 Å². The number of ether oxygens (including phenoxy) is 1. The zero-order chi connectivity index (χ0) is 9.19. The van der Waals surface area contributed by atoms with E-state index in [2.05, 4.69) is 0 Å². The van der Waals surface area contributed by atoms with E-state index in [0.29, 0.717) is 13.0 Å². The number of carbonyl (C=O) groups is 1. The molecule has 0 aliphatic carbocycles. The lowest BCUT2D eigenvalue weighted by Crippen LogP contribution is -2.44. The van der Waals surface area contributed by atoms with E-state index in [9.17, 15) is 18.0 Å². The number of halogens is 3. The van der Waals surface area contributed by atoms with Crippen LogP contribution in [0.3, 0.4) is 0 Å². The third kappa shape index (κ3) is 2.37. The number of carbonyl (C=O) groups excluding carboxylic acids is 1. The molecule has 1 saturated heterocycles. The van der Waals surface area contributed by atoms with Gasteiger partial charge in [-0.2, -0.15) is 13.2 Å². The van der Waals surface area contributed by atoms with Gasteiger partial charge >= 0.3 is 12.1 Å². The van der Waals surface area contributed by atoms with Crippen LogP contribution >= 0.6 is 0 Å². The molecule has 0 spiro atoms. The van der Waals surface area contributed by atoms with Gasteiger partial charge in [-0.15, -0.1) is 0 Å². The van der Waals surface area contributed by atoms with Crippen LogP contribution in [-0.4, -0.2) is 31.3 Å². The van der Waals surface area contributed by atoms with Gasteiger partial charge in [-0.3, -0.25) is 4.79 Å². The van der Waals surface area contributed by atoms with Gasteiger partial charge in [0.2, 0.25) is 0 Å². The molecule has 12 heavy (non-hydrogen) atoms. The van der Waals surface area contributed by atoms with Crippen LogP contribution in [0.1, 0.15) is 6.42 Å². The lowest BCUT2D eigenvalue weighted by molar-refractivity contribution is -0.174. The molecule has 3 nitrogen and oxygen atoms in total. The lowest BCUT2D eigenvalue weighted by atomic mass is 10.2. The summed E-state index contributed by atoms with van der Waals surface area (Å²) in [5.41, 5.74) is 0. The van der Waals surface area contributed by atoms with Crippen LogP contribution < -0.4 is 5.32 Å². The number of hydrogen-bond acceptors (Lipinski definition) is 2. The normalized spacial score (nSPS) is 23.1. The maximum atomic E-state index is 11.6. The smallest absolute Gasteiger partial charge is 0.376 e. The topological polar surface area (TPSA) is 38.3 Å². The second-order valence-electron chi connectivity index (χ2n) is 2.49. The Hall–Kier alpha value is -0.780. The zero-order valence-electron chi connectivity index (χ0n) is 6.15. The highest BCUT2D eigenvalue weighted by Gasteiger charge is 2.38. The number of rotatable bonds is 2. The molecule has 1 fully saturated rings. The summed E-state index contributed by atoms with van der Waals surface area (Å²) in [7, 11) is 0. The third-order valence-electron chi connectivity index (χ3n) is 1.54. The molecule has 1 heterocycles. The maximum absolute atomic E-state index is 11.6. The van der Waals surface area contributed by atoms with Crippen LogP contribution in [0.4, 0.5) is 13.2 Å². The minimum Gasteiger partial charge on any atom is -0.376 e. The van der Waals surface area contributed by atoms with Gasteiger partial charge in [-0.25, -0.2) is 0 Å². The molecule has 0 aromatic carbocycles. The molecule has 6 heteroatoms. The average molecular weight is 183 g/mol. The summed E-state index contributed by atoms with van der Waals surface area (Å²) >= 11 is 0. The van der Waals surface area contributed by atoms with E-state index in [1.165, 1.54) is 0 Å². The summed E-state index contributed by atoms with van der Waals surface area (Å²) in [6.07, 6.45) is -4.32. The molecule has 0 aromatic heterocycles. The molecule has 1 rings (SSSR count). The molecule has 0 aromatic rings. The van der Waals surface area contributed by atoms with Gasteiger partial charge in [0, 0.05) is 13.2 Å². The summed E-state index contributed by atoms with van der Waals surface area (Å²) in [6, 6.07) is 0. The van der Waals surface area contributed by atoms with Gasteiger partial charge in [-0.05, 0) is 6.42 Å². The first-order valence-corrected chi connectivity index (χ1v) is 3.47. The fourth-order valence-electron chi connectivity index (χ4n) is 0.752. The number of hydrogen-bond donors (Lipinski definition) is 1. The van der Waals surface area contributed by atoms with Crippen LogP contribution in [0.2, 0.25) is 0 Å². The van der Waals surface area contributed by atoms with Crippen molar-refractivity contribution in [3.8, 4) is 0 Å². The Balaban J connectivity index is 2.17. The second-order valence-corrected chi connectivity index (χ2v) is 2.49. The lowest BCUT2D eigenvalue weighted by Gasteiger charge is -2.26. The molecule has 1 aliphatic rings. The molecule has 0 radical (unpaired) electrons. The minimum absolute atomic E-state index is 0.0572. The van der Waals surface area contributed by atoms with Crippen molar-refractivity contribution in [2.45, 2.75) is 18.7 Å². The second kappa shape index (κ2) is 3.30. The van der Waals surface area contributed by atoms with E-state index in [1.807, 2.05) is 0 Å². The average Bonchev–Trinajstić information content (AvgIpc) is 1.81. The first-order valence-electron chi connectivity index (χ1n) is 3.47. The highest BCUT2D eigenvalue weighted by atomic mass is 19.4. The molecule has 1 amide bonds. The van der Waals surface area contributed by atoms with Crippen LogP contribution in [0.25, 0.3) is 0 Å². The number of amides is 1. The standard InChI is InChI=1S/C6H8F3NO2/c7-6(8,9)5(11)10-3-4-1-2-12-4/h4H,1-3H2,(H,10,11). The molecule has 70 valence electrons. The monoisotopic (exact) mass is 183 g/mol. The summed E-state index contributed by atoms with van der Waals surface area (Å²) in [5, 5.41) is 1.74. The van der Waals surface area contributed by atoms with E-state index < -0.39 is 12.1 Å². The largest absolute Gasteiger partial charge is 0.471 e. The Kier molecular flexibility index (Phi) is 2.56. The van der Waals surface area contributed by atoms with Crippen molar-refractivity contribution in [3.63, 3.8) is 0 Å². The fourth-order valence-corrected chi connectivity index (χ4v) is 0.752. The van der Waals surface area contributed by atoms with Crippen molar-refractivity contribution < 1.29 is 22.7 Å². The highest BCUT2D eigenvalue weighted by Crippen LogP contribution is 2.15. The van der Waals surface area contributed by atoms with Gasteiger partial charge in [0.1, 0.15) is 0 Å². The SMILES string of the molecule is O=C(NCC1CCO1)C(F)(F)F. The van der Waals surface area contributed by atoms with Gasteiger partial charge in [0.25, 0.3) is 0 Å². The fraction of sp³-hybridized carbons (Fsp3) is 0.833. The molecular formula is C6H8F3NO2. The summed E-state index contributed by atoms with van der Waals surface area (Å²) in [6.45, 7) is 0.505. The van der Waals surface area contributed by atoms with Crippen LogP contribution in [-0.2, 0) is 9.53 Å². The molecule has 1 unspecified atom stereocenters. The van der Waals surface area contributed by atoms with Crippen LogP contribution in [0.15, 0.2) is 0 Å². The zero-order valence-corrected chi connectivity index (χ0v) is 6.15. The van der Waals surface area contributed by atoms with Crippen molar-refractivity contribution in [3.05, 3.63) is 0 Å². The van der Waals surface area contributed by atoms with Crippen LogP contribution in [0, 0.1) is 0 Å². The maximum Gasteiger partial charge on any atom is 0.471 e. The Morgan fingerprint density at radius 2 is 2.17 bits per heavy atom. The van der Waals surface area contributed by atoms with E-state index >= 15 is 0 Å². The Morgan fingerprint density at radius 3 is 2.50 bits per heavy atom. The first-order chi connectivity index (χ1) is 5.50. The van der Waals surface area contributed by atoms with E-state index in [1.54, 1.807) is 5.32 Å². The van der Waals surface area contributed by atoms with Crippen molar-refractivity contribution in [2.24, 2.45) is 0 Å². The predicted molar refractivity (Wildman–Crippen MR) is 33.4 cm³/mol. The van der Waals surface area contributed by atoms with Crippen LogP contribution in [0.5, 0.6) is 0 Å². The third-order valence-corrected chi connectivity index (χ3v) is 1.54. The summed E-state index contributed by atoms with van der Waals surface area (Å²) in [5.74, 6) is -1.90. The van der Waals surface area contributed by atoms with E-state index in [4.69, 9.17) is 4.74 Å². The van der Waals surface area contributed by atoms with E-state index in [-0.39, 0.29) is 12.6 Å². The van der Waals surface area contributed by atoms with Gasteiger partial charge in [-0.1, -0.05) is 0 Å². The number of nitrogens with one attached hydrogen (secondary N) is 1. The summed E-state index contributed by atoms with van der Waals surface area (Å²) in [4.78, 5) is 10.2. The molecular weight excluding hydrogens is 175 g/mol. The van der Waals surface area contributed by atoms with Crippen molar-refractivity contribution in [1.29, 1.82) is 0 Å². The Labute approximate surface area is 66.9 Å². The Morgan fingerprint density at radius 1 is 1.58 bits per heavy atom. The molecule has 1 aliphatic heterocycles. The van der Waals surface area contributed by atoms with Crippen molar-refractivity contribution in [2.75, 3.05) is 13.2 Å². The molecule has 1 atom stereocenters. The molecule has 0 saturated carbocycles. The Bertz CT molecular complexity index is 176. The quantitative estimate of drug-likeness (QED) is 0.675. The van der Waals surface area contributed by atoms with E-state index in [0.717, 1.165) is 0 Å². The van der Waals surface area contributed by atoms with Gasteiger partial charge in [0.05, 0.1) is 6.10 Å². The summed E-state index contributed by atoms with van der Waals surface area (Å²) < 4.78 is 39.5. The highest BCUT2D eigenvalue weighted by molar-refractivity contribution is 5.81. The molecule has 1 N–H and O–H groups in total. The first kappa shape index (κ1) is 9.31. The van der Waals surface area contributed by atoms with Gasteiger partial charge < -0.3 is 10.1 Å².